The normalized spacial score (nSPS) is 14.6. The van der Waals surface area contributed by atoms with Crippen molar-refractivity contribution in [3.05, 3.63) is 0 Å². The van der Waals surface area contributed by atoms with E-state index in [1.54, 1.807) is 6.92 Å². The van der Waals surface area contributed by atoms with Crippen LogP contribution in [0.25, 0.3) is 0 Å². The highest BCUT2D eigenvalue weighted by Crippen LogP contribution is 2.13. The minimum Gasteiger partial charge on any atom is -0.319 e. The van der Waals surface area contributed by atoms with E-state index in [4.69, 9.17) is 12.2 Å². The van der Waals surface area contributed by atoms with E-state index in [9.17, 15) is 4.79 Å². The number of carbonyl (C=O) groups excluding carboxylic acids is 1. The molecule has 0 saturated heterocycles. The number of carbonyl (C=O) groups is 1. The lowest BCUT2D eigenvalue weighted by molar-refractivity contribution is -0.123. The third-order valence-corrected chi connectivity index (χ3v) is 2.13. The van der Waals surface area contributed by atoms with Gasteiger partial charge in [0, 0.05) is 12.8 Å². The maximum absolute atomic E-state index is 11.5. The molecule has 0 rings (SSSR count). The zero-order valence-corrected chi connectivity index (χ0v) is 8.60. The average molecular weight is 181 g/mol. The van der Waals surface area contributed by atoms with E-state index in [1.165, 1.54) is 0 Å². The maximum atomic E-state index is 11.5. The summed E-state index contributed by atoms with van der Waals surface area (Å²) in [4.78, 5) is 11.5. The van der Waals surface area contributed by atoms with E-state index in [2.05, 4.69) is 5.92 Å². The topological polar surface area (TPSA) is 43.1 Å². The molecule has 0 aromatic rings. The van der Waals surface area contributed by atoms with Crippen LogP contribution in [-0.2, 0) is 4.79 Å². The van der Waals surface area contributed by atoms with E-state index < -0.39 is 5.54 Å². The molecule has 0 aromatic heterocycles. The summed E-state index contributed by atoms with van der Waals surface area (Å²) in [6.07, 6.45) is 8.71. The van der Waals surface area contributed by atoms with Crippen molar-refractivity contribution < 1.29 is 4.79 Å². The number of Topliss-reactive ketones (excluding diaryl/α,β-unsaturated/α-hetero) is 1. The van der Waals surface area contributed by atoms with Crippen LogP contribution in [0.3, 0.4) is 0 Å². The summed E-state index contributed by atoms with van der Waals surface area (Å²) in [7, 11) is 0. The molecule has 74 valence electrons. The number of rotatable bonds is 6. The Balaban J connectivity index is 3.88. The van der Waals surface area contributed by atoms with Gasteiger partial charge in [0.05, 0.1) is 5.54 Å². The van der Waals surface area contributed by atoms with Crippen molar-refractivity contribution >= 4 is 5.78 Å². The zero-order valence-electron chi connectivity index (χ0n) is 8.60. The van der Waals surface area contributed by atoms with E-state index in [-0.39, 0.29) is 5.78 Å². The summed E-state index contributed by atoms with van der Waals surface area (Å²) >= 11 is 0. The second-order valence-electron chi connectivity index (χ2n) is 3.65. The van der Waals surface area contributed by atoms with Gasteiger partial charge in [0.25, 0.3) is 0 Å². The fourth-order valence-electron chi connectivity index (χ4n) is 1.30. The van der Waals surface area contributed by atoms with Gasteiger partial charge in [0.2, 0.25) is 0 Å². The molecule has 0 saturated carbocycles. The Morgan fingerprint density at radius 3 is 2.69 bits per heavy atom. The average Bonchev–Trinajstić information content (AvgIpc) is 2.04. The lowest BCUT2D eigenvalue weighted by Gasteiger charge is -2.21. The molecule has 0 aromatic carbocycles. The molecule has 13 heavy (non-hydrogen) atoms. The number of hydrogen-bond acceptors (Lipinski definition) is 2. The molecule has 0 aliphatic heterocycles. The van der Waals surface area contributed by atoms with Crippen molar-refractivity contribution in [2.75, 3.05) is 0 Å². The van der Waals surface area contributed by atoms with Gasteiger partial charge in [-0.3, -0.25) is 4.79 Å². The van der Waals surface area contributed by atoms with Gasteiger partial charge < -0.3 is 5.73 Å². The minimum atomic E-state index is -0.649. The van der Waals surface area contributed by atoms with Gasteiger partial charge in [-0.1, -0.05) is 13.3 Å². The molecule has 1 unspecified atom stereocenters. The van der Waals surface area contributed by atoms with Gasteiger partial charge in [-0.2, -0.15) is 0 Å². The summed E-state index contributed by atoms with van der Waals surface area (Å²) < 4.78 is 0. The molecule has 0 radical (unpaired) electrons. The molecule has 0 fully saturated rings. The molecule has 0 heterocycles. The van der Waals surface area contributed by atoms with Crippen LogP contribution in [0, 0.1) is 12.3 Å². The highest BCUT2D eigenvalue weighted by atomic mass is 16.1. The highest BCUT2D eigenvalue weighted by molar-refractivity contribution is 5.87. The standard InChI is InChI=1S/C11H19NO/c1-4-6-7-8-10(13)11(3,12)9-5-2/h1H,5-9,12H2,2-3H3. The van der Waals surface area contributed by atoms with Crippen molar-refractivity contribution in [1.82, 2.24) is 0 Å². The number of ketones is 1. The summed E-state index contributed by atoms with van der Waals surface area (Å²) in [6.45, 7) is 3.83. The highest BCUT2D eigenvalue weighted by Gasteiger charge is 2.25. The summed E-state index contributed by atoms with van der Waals surface area (Å²) in [5, 5.41) is 0. The Morgan fingerprint density at radius 1 is 1.62 bits per heavy atom. The molecule has 0 bridgehead atoms. The van der Waals surface area contributed by atoms with E-state index in [0.717, 1.165) is 19.3 Å². The van der Waals surface area contributed by atoms with Crippen LogP contribution in [0.15, 0.2) is 0 Å². The molecule has 2 nitrogen and oxygen atoms in total. The lowest BCUT2D eigenvalue weighted by Crippen LogP contribution is -2.44. The third-order valence-electron chi connectivity index (χ3n) is 2.13. The smallest absolute Gasteiger partial charge is 0.152 e. The van der Waals surface area contributed by atoms with Gasteiger partial charge in [-0.25, -0.2) is 0 Å². The van der Waals surface area contributed by atoms with Crippen LogP contribution >= 0.6 is 0 Å². The first kappa shape index (κ1) is 12.2. The SMILES string of the molecule is C#CCCCC(=O)C(C)(N)CCC. The van der Waals surface area contributed by atoms with E-state index in [1.807, 2.05) is 6.92 Å². The Bertz CT molecular complexity index is 201. The number of nitrogens with two attached hydrogens (primary N) is 1. The maximum Gasteiger partial charge on any atom is 0.152 e. The van der Waals surface area contributed by atoms with Crippen molar-refractivity contribution in [2.45, 2.75) is 51.5 Å². The van der Waals surface area contributed by atoms with Crippen molar-refractivity contribution in [1.29, 1.82) is 0 Å². The summed E-state index contributed by atoms with van der Waals surface area (Å²) in [5.41, 5.74) is 5.20. The fourth-order valence-corrected chi connectivity index (χ4v) is 1.30. The van der Waals surface area contributed by atoms with Gasteiger partial charge in [0.15, 0.2) is 5.78 Å². The lowest BCUT2D eigenvalue weighted by atomic mass is 9.89. The third kappa shape index (κ3) is 4.69. The quantitative estimate of drug-likeness (QED) is 0.502. The Kier molecular flexibility index (Phi) is 5.41. The van der Waals surface area contributed by atoms with Crippen LogP contribution < -0.4 is 5.73 Å². The number of hydrogen-bond donors (Lipinski definition) is 1. The Hall–Kier alpha value is -0.810. The van der Waals surface area contributed by atoms with Gasteiger partial charge >= 0.3 is 0 Å². The second-order valence-corrected chi connectivity index (χ2v) is 3.65. The van der Waals surface area contributed by atoms with Crippen LogP contribution in [-0.4, -0.2) is 11.3 Å². The summed E-state index contributed by atoms with van der Waals surface area (Å²) in [5.74, 6) is 2.64. The van der Waals surface area contributed by atoms with Gasteiger partial charge in [-0.05, 0) is 19.8 Å². The molecule has 1 atom stereocenters. The van der Waals surface area contributed by atoms with Crippen LogP contribution in [0.4, 0.5) is 0 Å². The Morgan fingerprint density at radius 2 is 2.23 bits per heavy atom. The molecule has 0 aliphatic rings. The Labute approximate surface area is 80.9 Å². The second kappa shape index (κ2) is 5.77. The van der Waals surface area contributed by atoms with Crippen LogP contribution in [0.5, 0.6) is 0 Å². The zero-order chi connectivity index (χ0) is 10.3. The summed E-state index contributed by atoms with van der Waals surface area (Å²) in [6, 6.07) is 0. The molecule has 2 N–H and O–H groups in total. The fraction of sp³-hybridized carbons (Fsp3) is 0.727. The van der Waals surface area contributed by atoms with Gasteiger partial charge in [0.1, 0.15) is 0 Å². The van der Waals surface area contributed by atoms with E-state index in [0.29, 0.717) is 12.8 Å². The van der Waals surface area contributed by atoms with Crippen molar-refractivity contribution in [3.8, 4) is 12.3 Å². The number of unbranched alkanes of at least 4 members (excludes halogenated alkanes) is 1. The van der Waals surface area contributed by atoms with Gasteiger partial charge in [-0.15, -0.1) is 12.3 Å². The first-order chi connectivity index (χ1) is 6.04. The monoisotopic (exact) mass is 181 g/mol. The predicted octanol–water partition coefficient (Wildman–Crippen LogP) is 1.88. The predicted molar refractivity (Wildman–Crippen MR) is 55.2 cm³/mol. The molecule has 2 heteroatoms. The molecule has 0 aliphatic carbocycles. The van der Waals surface area contributed by atoms with Crippen LogP contribution in [0.1, 0.15) is 46.0 Å². The van der Waals surface area contributed by atoms with Crippen molar-refractivity contribution in [2.24, 2.45) is 5.73 Å². The van der Waals surface area contributed by atoms with Crippen molar-refractivity contribution in [3.63, 3.8) is 0 Å². The minimum absolute atomic E-state index is 0.129. The molecule has 0 spiro atoms. The first-order valence-electron chi connectivity index (χ1n) is 4.80. The van der Waals surface area contributed by atoms with E-state index >= 15 is 0 Å². The van der Waals surface area contributed by atoms with Crippen LogP contribution in [0.2, 0.25) is 0 Å². The molecule has 0 amide bonds. The number of terminal acetylenes is 1. The first-order valence-corrected chi connectivity index (χ1v) is 4.80. The largest absolute Gasteiger partial charge is 0.319 e. The molecular weight excluding hydrogens is 162 g/mol. The molecular formula is C11H19NO.